The second kappa shape index (κ2) is 11.1. The van der Waals surface area contributed by atoms with Crippen molar-refractivity contribution < 1.29 is 19.0 Å². The summed E-state index contributed by atoms with van der Waals surface area (Å²) >= 11 is 1.65. The Labute approximate surface area is 177 Å². The fourth-order valence-electron chi connectivity index (χ4n) is 3.25. The van der Waals surface area contributed by atoms with E-state index in [1.165, 1.54) is 0 Å². The van der Waals surface area contributed by atoms with Crippen LogP contribution < -0.4 is 9.47 Å². The van der Waals surface area contributed by atoms with Gasteiger partial charge in [0.2, 0.25) is 5.91 Å². The fraction of sp³-hybridized carbons (Fsp3) is 0.435. The molecule has 0 spiro atoms. The lowest BCUT2D eigenvalue weighted by Gasteiger charge is -2.25. The first-order chi connectivity index (χ1) is 14.2. The smallest absolute Gasteiger partial charge is 0.233 e. The Kier molecular flexibility index (Phi) is 8.25. The maximum atomic E-state index is 12.4. The van der Waals surface area contributed by atoms with Gasteiger partial charge in [-0.05, 0) is 36.1 Å². The summed E-state index contributed by atoms with van der Waals surface area (Å²) in [6.45, 7) is 4.74. The maximum absolute atomic E-state index is 12.4. The number of hydrogen-bond donors (Lipinski definition) is 0. The van der Waals surface area contributed by atoms with Gasteiger partial charge in [0, 0.05) is 19.8 Å². The summed E-state index contributed by atoms with van der Waals surface area (Å²) in [4.78, 5) is 14.3. The lowest BCUT2D eigenvalue weighted by atomic mass is 10.1. The molecule has 3 rings (SSSR count). The van der Waals surface area contributed by atoms with Crippen LogP contribution in [0, 0.1) is 0 Å². The first-order valence-corrected chi connectivity index (χ1v) is 11.1. The molecular weight excluding hydrogens is 386 g/mol. The summed E-state index contributed by atoms with van der Waals surface area (Å²) in [5.74, 6) is 2.08. The number of nitrogens with zero attached hydrogens (tertiary/aromatic N) is 1. The molecular formula is C23H29NO4S. The molecule has 0 aromatic heterocycles. The molecule has 0 radical (unpaired) electrons. The molecule has 5 nitrogen and oxygen atoms in total. The highest BCUT2D eigenvalue weighted by Gasteiger charge is 2.32. The molecule has 1 amide bonds. The Morgan fingerprint density at radius 1 is 1.10 bits per heavy atom. The van der Waals surface area contributed by atoms with Crippen LogP contribution in [0.15, 0.2) is 48.5 Å². The predicted molar refractivity (Wildman–Crippen MR) is 116 cm³/mol. The minimum absolute atomic E-state index is 0.00532. The number of rotatable bonds is 11. The maximum Gasteiger partial charge on any atom is 0.233 e. The summed E-state index contributed by atoms with van der Waals surface area (Å²) < 4.78 is 17.1. The van der Waals surface area contributed by atoms with Crippen LogP contribution in [0.3, 0.4) is 0 Å². The Morgan fingerprint density at radius 3 is 2.69 bits per heavy atom. The van der Waals surface area contributed by atoms with Gasteiger partial charge in [0.25, 0.3) is 0 Å². The van der Waals surface area contributed by atoms with Crippen molar-refractivity contribution in [2.45, 2.75) is 31.7 Å². The molecule has 1 unspecified atom stereocenters. The highest BCUT2D eigenvalue weighted by molar-refractivity contribution is 8.00. The SMILES string of the molecule is CCCOCCCN1C(=O)CSC1c1ccc(OCc2ccccc2)c(OC)c1. The zero-order valence-corrected chi connectivity index (χ0v) is 18.0. The van der Waals surface area contributed by atoms with Gasteiger partial charge in [0.05, 0.1) is 12.9 Å². The van der Waals surface area contributed by atoms with Gasteiger partial charge in [-0.15, -0.1) is 11.8 Å². The number of carbonyl (C=O) groups is 1. The normalized spacial score (nSPS) is 16.3. The molecule has 2 aromatic carbocycles. The number of ether oxygens (including phenoxy) is 3. The number of hydrogen-bond acceptors (Lipinski definition) is 5. The van der Waals surface area contributed by atoms with E-state index in [9.17, 15) is 4.79 Å². The molecule has 1 saturated heterocycles. The molecule has 2 aromatic rings. The van der Waals surface area contributed by atoms with Gasteiger partial charge in [0.15, 0.2) is 11.5 Å². The summed E-state index contributed by atoms with van der Waals surface area (Å²) in [7, 11) is 1.64. The van der Waals surface area contributed by atoms with Gasteiger partial charge in [-0.2, -0.15) is 0 Å². The van der Waals surface area contributed by atoms with Crippen LogP contribution in [-0.4, -0.2) is 43.4 Å². The van der Waals surface area contributed by atoms with Crippen LogP contribution >= 0.6 is 11.8 Å². The average molecular weight is 416 g/mol. The van der Waals surface area contributed by atoms with Crippen molar-refractivity contribution in [3.8, 4) is 11.5 Å². The van der Waals surface area contributed by atoms with Crippen LogP contribution in [0.4, 0.5) is 0 Å². The van der Waals surface area contributed by atoms with Crippen LogP contribution in [0.5, 0.6) is 11.5 Å². The van der Waals surface area contributed by atoms with Gasteiger partial charge >= 0.3 is 0 Å². The third-order valence-electron chi connectivity index (χ3n) is 4.71. The van der Waals surface area contributed by atoms with Crippen LogP contribution in [0.2, 0.25) is 0 Å². The van der Waals surface area contributed by atoms with Gasteiger partial charge < -0.3 is 19.1 Å². The van der Waals surface area contributed by atoms with E-state index in [0.29, 0.717) is 37.0 Å². The van der Waals surface area contributed by atoms with E-state index in [-0.39, 0.29) is 11.3 Å². The first-order valence-electron chi connectivity index (χ1n) is 10.1. The molecule has 1 aliphatic heterocycles. The zero-order valence-electron chi connectivity index (χ0n) is 17.1. The Hall–Kier alpha value is -2.18. The lowest BCUT2D eigenvalue weighted by molar-refractivity contribution is -0.128. The van der Waals surface area contributed by atoms with Crippen LogP contribution in [0.25, 0.3) is 0 Å². The van der Waals surface area contributed by atoms with E-state index in [1.54, 1.807) is 18.9 Å². The van der Waals surface area contributed by atoms with Crippen molar-refractivity contribution in [2.24, 2.45) is 0 Å². The average Bonchev–Trinajstić information content (AvgIpc) is 3.13. The predicted octanol–water partition coefficient (Wildman–Crippen LogP) is 4.66. The molecule has 1 aliphatic rings. The second-order valence-corrected chi connectivity index (χ2v) is 7.97. The van der Waals surface area contributed by atoms with Gasteiger partial charge in [-0.25, -0.2) is 0 Å². The number of benzene rings is 2. The van der Waals surface area contributed by atoms with Crippen LogP contribution in [0.1, 0.15) is 36.3 Å². The Morgan fingerprint density at radius 2 is 1.93 bits per heavy atom. The topological polar surface area (TPSA) is 48.0 Å². The van der Waals surface area contributed by atoms with E-state index in [4.69, 9.17) is 14.2 Å². The van der Waals surface area contributed by atoms with Crippen molar-refractivity contribution in [3.63, 3.8) is 0 Å². The van der Waals surface area contributed by atoms with Crippen molar-refractivity contribution >= 4 is 17.7 Å². The highest BCUT2D eigenvalue weighted by Crippen LogP contribution is 2.41. The largest absolute Gasteiger partial charge is 0.493 e. The Bertz CT molecular complexity index is 784. The molecule has 0 saturated carbocycles. The number of methoxy groups -OCH3 is 1. The molecule has 0 bridgehead atoms. The van der Waals surface area contributed by atoms with Gasteiger partial charge in [-0.1, -0.05) is 43.3 Å². The molecule has 0 aliphatic carbocycles. The molecule has 6 heteroatoms. The standard InChI is InChI=1S/C23H29NO4S/c1-3-13-27-14-7-12-24-22(25)17-29-23(24)19-10-11-20(21(15-19)26-2)28-16-18-8-5-4-6-9-18/h4-6,8-11,15,23H,3,7,12-14,16-17H2,1-2H3. The number of carbonyl (C=O) groups excluding carboxylic acids is 1. The monoisotopic (exact) mass is 415 g/mol. The summed E-state index contributed by atoms with van der Waals surface area (Å²) in [5, 5.41) is 0.00532. The van der Waals surface area contributed by atoms with Gasteiger partial charge in [0.1, 0.15) is 12.0 Å². The third-order valence-corrected chi connectivity index (χ3v) is 5.97. The summed E-state index contributed by atoms with van der Waals surface area (Å²) in [5.41, 5.74) is 2.16. The van der Waals surface area contributed by atoms with E-state index in [0.717, 1.165) is 30.6 Å². The highest BCUT2D eigenvalue weighted by atomic mass is 32.2. The summed E-state index contributed by atoms with van der Waals surface area (Å²) in [6.07, 6.45) is 1.86. The van der Waals surface area contributed by atoms with Crippen molar-refractivity contribution in [1.29, 1.82) is 0 Å². The van der Waals surface area contributed by atoms with Crippen LogP contribution in [-0.2, 0) is 16.1 Å². The van der Waals surface area contributed by atoms with Gasteiger partial charge in [-0.3, -0.25) is 4.79 Å². The minimum atomic E-state index is 0.00532. The zero-order chi connectivity index (χ0) is 20.5. The first kappa shape index (κ1) is 21.5. The summed E-state index contributed by atoms with van der Waals surface area (Å²) in [6, 6.07) is 16.0. The fourth-order valence-corrected chi connectivity index (χ4v) is 4.46. The molecule has 1 heterocycles. The third kappa shape index (κ3) is 5.90. The molecule has 1 atom stereocenters. The second-order valence-electron chi connectivity index (χ2n) is 6.90. The molecule has 0 N–H and O–H groups in total. The lowest BCUT2D eigenvalue weighted by Crippen LogP contribution is -2.30. The molecule has 1 fully saturated rings. The molecule has 29 heavy (non-hydrogen) atoms. The van der Waals surface area contributed by atoms with E-state index in [2.05, 4.69) is 6.92 Å². The Balaban J connectivity index is 1.65. The number of thioether (sulfide) groups is 1. The van der Waals surface area contributed by atoms with E-state index < -0.39 is 0 Å². The minimum Gasteiger partial charge on any atom is -0.493 e. The van der Waals surface area contributed by atoms with Crippen molar-refractivity contribution in [2.75, 3.05) is 32.6 Å². The van der Waals surface area contributed by atoms with Crippen molar-refractivity contribution in [3.05, 3.63) is 59.7 Å². The quantitative estimate of drug-likeness (QED) is 0.499. The van der Waals surface area contributed by atoms with E-state index >= 15 is 0 Å². The molecule has 156 valence electrons. The van der Waals surface area contributed by atoms with Crippen molar-refractivity contribution in [1.82, 2.24) is 4.90 Å². The number of amides is 1. The van der Waals surface area contributed by atoms with E-state index in [1.807, 2.05) is 53.4 Å².